The van der Waals surface area contributed by atoms with Crippen molar-refractivity contribution in [2.24, 2.45) is 0 Å². The number of aryl methyl sites for hydroxylation is 1. The van der Waals surface area contributed by atoms with Crippen LogP contribution in [0.25, 0.3) is 0 Å². The number of rotatable bonds is 5. The van der Waals surface area contributed by atoms with Gasteiger partial charge in [-0.15, -0.1) is 0 Å². The Morgan fingerprint density at radius 2 is 1.85 bits per heavy atom. The van der Waals surface area contributed by atoms with Gasteiger partial charge in [-0.3, -0.25) is 19.6 Å². The van der Waals surface area contributed by atoms with E-state index in [2.05, 4.69) is 22.9 Å². The Kier molecular flexibility index (Phi) is 5.64. The van der Waals surface area contributed by atoms with Crippen molar-refractivity contribution < 1.29 is 13.2 Å². The number of carbonyl (C=O) groups is 1. The third-order valence-corrected chi connectivity index (χ3v) is 7.10. The zero-order valence-electron chi connectivity index (χ0n) is 15.8. The zero-order valence-corrected chi connectivity index (χ0v) is 16.6. The van der Waals surface area contributed by atoms with Gasteiger partial charge in [0.05, 0.1) is 23.7 Å². The summed E-state index contributed by atoms with van der Waals surface area (Å²) in [5.74, 6) is 0.312. The topological polar surface area (TPSA) is 73.8 Å². The molecule has 2 aliphatic rings. The smallest absolute Gasteiger partial charge is 0.236 e. The molecular formula is C18H28N4O3S. The van der Waals surface area contributed by atoms with Crippen LogP contribution in [0.2, 0.25) is 0 Å². The maximum atomic E-state index is 12.3. The van der Waals surface area contributed by atoms with Gasteiger partial charge in [-0.05, 0) is 18.1 Å². The molecule has 1 amide bonds. The van der Waals surface area contributed by atoms with E-state index < -0.39 is 9.84 Å². The first-order chi connectivity index (χ1) is 12.3. The lowest BCUT2D eigenvalue weighted by atomic mass is 10.0. The van der Waals surface area contributed by atoms with Crippen molar-refractivity contribution in [1.29, 1.82) is 0 Å². The van der Waals surface area contributed by atoms with Crippen molar-refractivity contribution in [3.05, 3.63) is 29.6 Å². The second kappa shape index (κ2) is 7.62. The van der Waals surface area contributed by atoms with Crippen LogP contribution in [0.1, 0.15) is 18.2 Å². The van der Waals surface area contributed by atoms with E-state index in [4.69, 9.17) is 0 Å². The van der Waals surface area contributed by atoms with Gasteiger partial charge >= 0.3 is 0 Å². The van der Waals surface area contributed by atoms with Crippen LogP contribution in [-0.4, -0.2) is 91.3 Å². The van der Waals surface area contributed by atoms with Crippen LogP contribution in [0.15, 0.2) is 18.3 Å². The van der Waals surface area contributed by atoms with Crippen molar-refractivity contribution in [2.75, 3.05) is 45.2 Å². The van der Waals surface area contributed by atoms with Crippen molar-refractivity contribution in [3.63, 3.8) is 0 Å². The van der Waals surface area contributed by atoms with E-state index in [0.29, 0.717) is 13.1 Å². The van der Waals surface area contributed by atoms with Crippen molar-refractivity contribution in [3.8, 4) is 0 Å². The van der Waals surface area contributed by atoms with Gasteiger partial charge in [0.25, 0.3) is 0 Å². The van der Waals surface area contributed by atoms with Gasteiger partial charge in [0, 0.05) is 52.0 Å². The van der Waals surface area contributed by atoms with E-state index in [1.54, 1.807) is 19.0 Å². The van der Waals surface area contributed by atoms with Gasteiger partial charge in [0.2, 0.25) is 5.91 Å². The Labute approximate surface area is 155 Å². The van der Waals surface area contributed by atoms with E-state index >= 15 is 0 Å². The third kappa shape index (κ3) is 4.24. The normalized spacial score (nSPS) is 25.8. The Bertz CT molecular complexity index is 748. The zero-order chi connectivity index (χ0) is 18.9. The number of hydrogen-bond acceptors (Lipinski definition) is 6. The average Bonchev–Trinajstić information content (AvgIpc) is 2.93. The van der Waals surface area contributed by atoms with Crippen molar-refractivity contribution >= 4 is 15.7 Å². The fraction of sp³-hybridized carbons (Fsp3) is 0.667. The molecule has 0 spiro atoms. The summed E-state index contributed by atoms with van der Waals surface area (Å²) in [5.41, 5.74) is 2.16. The summed E-state index contributed by atoms with van der Waals surface area (Å²) in [6.07, 6.45) is 2.85. The molecule has 1 aromatic rings. The summed E-state index contributed by atoms with van der Waals surface area (Å²) in [4.78, 5) is 22.4. The number of hydrogen-bond donors (Lipinski definition) is 0. The predicted octanol–water partition coefficient (Wildman–Crippen LogP) is 0.0154. The maximum absolute atomic E-state index is 12.3. The number of likely N-dealkylation sites (N-methyl/N-ethyl adjacent to an activating group) is 1. The number of carbonyl (C=O) groups excluding carboxylic acids is 1. The van der Waals surface area contributed by atoms with Crippen LogP contribution in [-0.2, 0) is 27.6 Å². The standard InChI is InChI=1S/C18H28N4O3S/c1-4-14-5-6-15(19-9-14)10-21-7-8-22(11-18(23)20(2)3)17-13-26(24,25)12-16(17)21/h5-6,9,16-17H,4,7-8,10-13H2,1-3H3/t16-,17+/m0/s1. The molecule has 2 aliphatic heterocycles. The molecule has 0 radical (unpaired) electrons. The fourth-order valence-electron chi connectivity index (χ4n) is 3.77. The Hall–Kier alpha value is -1.51. The van der Waals surface area contributed by atoms with Gasteiger partial charge in [-0.2, -0.15) is 0 Å². The minimum Gasteiger partial charge on any atom is -0.348 e. The van der Waals surface area contributed by atoms with Crippen LogP contribution in [0, 0.1) is 0 Å². The molecule has 3 heterocycles. The molecule has 0 N–H and O–H groups in total. The first kappa shape index (κ1) is 19.3. The molecule has 0 aliphatic carbocycles. The molecule has 0 aromatic carbocycles. The molecule has 1 aromatic heterocycles. The van der Waals surface area contributed by atoms with Gasteiger partial charge in [0.1, 0.15) is 0 Å². The Morgan fingerprint density at radius 1 is 1.19 bits per heavy atom. The summed E-state index contributed by atoms with van der Waals surface area (Å²) < 4.78 is 24.6. The minimum absolute atomic E-state index is 0.0123. The summed E-state index contributed by atoms with van der Waals surface area (Å²) in [6.45, 7) is 4.47. The molecule has 0 unspecified atom stereocenters. The number of piperazine rings is 1. The monoisotopic (exact) mass is 380 g/mol. The molecule has 0 bridgehead atoms. The third-order valence-electron chi connectivity index (χ3n) is 5.40. The largest absolute Gasteiger partial charge is 0.348 e. The van der Waals surface area contributed by atoms with E-state index in [0.717, 1.165) is 18.7 Å². The van der Waals surface area contributed by atoms with Crippen LogP contribution < -0.4 is 0 Å². The SMILES string of the molecule is CCc1ccc(CN2CCN(CC(=O)N(C)C)[C@@H]3CS(=O)(=O)C[C@@H]32)nc1. The number of sulfone groups is 1. The highest BCUT2D eigenvalue weighted by atomic mass is 32.2. The lowest BCUT2D eigenvalue weighted by Gasteiger charge is -2.43. The molecule has 7 nitrogen and oxygen atoms in total. The highest BCUT2D eigenvalue weighted by Crippen LogP contribution is 2.28. The van der Waals surface area contributed by atoms with E-state index in [-0.39, 0.29) is 36.0 Å². The van der Waals surface area contributed by atoms with Gasteiger partial charge in [-0.1, -0.05) is 13.0 Å². The van der Waals surface area contributed by atoms with Crippen LogP contribution in [0.5, 0.6) is 0 Å². The second-order valence-electron chi connectivity index (χ2n) is 7.45. The van der Waals surface area contributed by atoms with Crippen LogP contribution in [0.3, 0.4) is 0 Å². The Morgan fingerprint density at radius 3 is 2.42 bits per heavy atom. The van der Waals surface area contributed by atoms with Crippen LogP contribution in [0.4, 0.5) is 0 Å². The molecule has 3 rings (SSSR count). The van der Waals surface area contributed by atoms with Crippen molar-refractivity contribution in [2.45, 2.75) is 32.0 Å². The lowest BCUT2D eigenvalue weighted by Crippen LogP contribution is -2.60. The first-order valence-corrected chi connectivity index (χ1v) is 10.9. The van der Waals surface area contributed by atoms with E-state index in [1.165, 1.54) is 5.56 Å². The number of fused-ring (bicyclic) bond motifs is 1. The molecule has 144 valence electrons. The summed E-state index contributed by atoms with van der Waals surface area (Å²) in [6, 6.07) is 3.92. The van der Waals surface area contributed by atoms with E-state index in [9.17, 15) is 13.2 Å². The van der Waals surface area contributed by atoms with Gasteiger partial charge in [-0.25, -0.2) is 8.42 Å². The van der Waals surface area contributed by atoms with Crippen molar-refractivity contribution in [1.82, 2.24) is 19.7 Å². The van der Waals surface area contributed by atoms with Crippen LogP contribution >= 0.6 is 0 Å². The quantitative estimate of drug-likeness (QED) is 0.717. The number of aromatic nitrogens is 1. The molecule has 8 heteroatoms. The summed E-state index contributed by atoms with van der Waals surface area (Å²) >= 11 is 0. The Balaban J connectivity index is 1.74. The molecule has 0 saturated carbocycles. The molecule has 2 saturated heterocycles. The summed E-state index contributed by atoms with van der Waals surface area (Å²) in [5, 5.41) is 0. The number of nitrogens with zero attached hydrogens (tertiary/aromatic N) is 4. The van der Waals surface area contributed by atoms with Gasteiger partial charge in [0.15, 0.2) is 9.84 Å². The number of pyridine rings is 1. The fourth-order valence-corrected chi connectivity index (χ4v) is 5.81. The molecule has 2 atom stereocenters. The van der Waals surface area contributed by atoms with E-state index in [1.807, 2.05) is 17.2 Å². The predicted molar refractivity (Wildman–Crippen MR) is 101 cm³/mol. The minimum atomic E-state index is -3.08. The number of amides is 1. The summed E-state index contributed by atoms with van der Waals surface area (Å²) in [7, 11) is 0.376. The highest BCUT2D eigenvalue weighted by molar-refractivity contribution is 7.91. The highest BCUT2D eigenvalue weighted by Gasteiger charge is 2.46. The molecule has 2 fully saturated rings. The molecule has 26 heavy (non-hydrogen) atoms. The van der Waals surface area contributed by atoms with Gasteiger partial charge < -0.3 is 4.90 Å². The second-order valence-corrected chi connectivity index (χ2v) is 9.61. The maximum Gasteiger partial charge on any atom is 0.236 e. The average molecular weight is 381 g/mol. The lowest BCUT2D eigenvalue weighted by molar-refractivity contribution is -0.131. The molecular weight excluding hydrogens is 352 g/mol. The first-order valence-electron chi connectivity index (χ1n) is 9.11.